The summed E-state index contributed by atoms with van der Waals surface area (Å²) >= 11 is 6.06. The van der Waals surface area contributed by atoms with E-state index in [4.69, 9.17) is 11.6 Å². The van der Waals surface area contributed by atoms with Crippen molar-refractivity contribution in [2.24, 2.45) is 0 Å². The molecule has 0 unspecified atom stereocenters. The second-order valence-electron chi connectivity index (χ2n) is 8.32. The third-order valence-electron chi connectivity index (χ3n) is 6.28. The van der Waals surface area contributed by atoms with E-state index in [1.807, 2.05) is 0 Å². The minimum Gasteiger partial charge on any atom is -0.364 e. The van der Waals surface area contributed by atoms with Gasteiger partial charge < -0.3 is 10.2 Å². The quantitative estimate of drug-likeness (QED) is 0.507. The molecule has 6 nitrogen and oxygen atoms in total. The van der Waals surface area contributed by atoms with Crippen molar-refractivity contribution in [1.29, 1.82) is 0 Å². The summed E-state index contributed by atoms with van der Waals surface area (Å²) in [6, 6.07) is 7.29. The van der Waals surface area contributed by atoms with Crippen LogP contribution in [0.3, 0.4) is 0 Å². The van der Waals surface area contributed by atoms with E-state index in [0.717, 1.165) is 37.5 Å². The first-order valence-electron chi connectivity index (χ1n) is 10.6. The Hall–Kier alpha value is -3.27. The second-order valence-corrected chi connectivity index (χ2v) is 8.73. The Morgan fingerprint density at radius 1 is 1.09 bits per heavy atom. The Kier molecular flexibility index (Phi) is 5.63. The van der Waals surface area contributed by atoms with Crippen LogP contribution in [0.2, 0.25) is 5.02 Å². The lowest BCUT2D eigenvalue weighted by atomic mass is 9.95. The molecule has 2 aromatic heterocycles. The van der Waals surface area contributed by atoms with Crippen molar-refractivity contribution in [2.75, 3.05) is 5.32 Å². The predicted molar refractivity (Wildman–Crippen MR) is 117 cm³/mol. The molecule has 0 radical (unpaired) electrons. The number of pyridine rings is 1. The molecule has 0 aliphatic carbocycles. The van der Waals surface area contributed by atoms with Crippen LogP contribution in [-0.2, 0) is 6.18 Å². The zero-order chi connectivity index (χ0) is 24.0. The molecular weight excluding hydrogens is 474 g/mol. The Morgan fingerprint density at radius 2 is 1.82 bits per heavy atom. The molecule has 0 saturated carbocycles. The number of nitrogens with one attached hydrogen (secondary N) is 1. The summed E-state index contributed by atoms with van der Waals surface area (Å²) in [5.74, 6) is -0.381. The number of rotatable bonds is 4. The van der Waals surface area contributed by atoms with Gasteiger partial charge >= 0.3 is 6.18 Å². The minimum atomic E-state index is -4.54. The van der Waals surface area contributed by atoms with Gasteiger partial charge in [0.25, 0.3) is 5.91 Å². The number of fused-ring (bicyclic) bond motifs is 2. The first-order chi connectivity index (χ1) is 16.2. The number of amides is 1. The van der Waals surface area contributed by atoms with Gasteiger partial charge in [0.1, 0.15) is 5.82 Å². The molecule has 2 aliphatic rings. The summed E-state index contributed by atoms with van der Waals surface area (Å²) < 4.78 is 52.0. The fourth-order valence-corrected chi connectivity index (χ4v) is 5.01. The van der Waals surface area contributed by atoms with Crippen LogP contribution in [-0.4, -0.2) is 43.9 Å². The number of halogens is 5. The van der Waals surface area contributed by atoms with Crippen molar-refractivity contribution in [3.8, 4) is 11.4 Å². The van der Waals surface area contributed by atoms with Gasteiger partial charge in [-0.3, -0.25) is 4.79 Å². The molecule has 3 atom stereocenters. The number of alkyl halides is 3. The van der Waals surface area contributed by atoms with Crippen LogP contribution in [0, 0.1) is 5.82 Å². The number of carbonyl (C=O) groups is 1. The van der Waals surface area contributed by atoms with Gasteiger partial charge in [0.2, 0.25) is 0 Å². The van der Waals surface area contributed by atoms with Gasteiger partial charge in [-0.2, -0.15) is 13.2 Å². The highest BCUT2D eigenvalue weighted by atomic mass is 35.5. The fraction of sp³-hybridized carbons (Fsp3) is 0.304. The molecule has 34 heavy (non-hydrogen) atoms. The van der Waals surface area contributed by atoms with Crippen molar-refractivity contribution in [2.45, 2.75) is 43.6 Å². The van der Waals surface area contributed by atoms with Crippen LogP contribution in [0.4, 0.5) is 23.4 Å². The van der Waals surface area contributed by atoms with Crippen molar-refractivity contribution >= 4 is 23.3 Å². The molecule has 5 rings (SSSR count). The molecule has 4 heterocycles. The molecule has 176 valence electrons. The van der Waals surface area contributed by atoms with Crippen molar-refractivity contribution in [3.63, 3.8) is 0 Å². The summed E-state index contributed by atoms with van der Waals surface area (Å²) in [5, 5.41) is 3.01. The molecule has 2 saturated heterocycles. The number of aromatic nitrogens is 3. The number of nitrogens with zero attached hydrogens (tertiary/aromatic N) is 4. The van der Waals surface area contributed by atoms with Gasteiger partial charge in [-0.05, 0) is 31.4 Å². The van der Waals surface area contributed by atoms with E-state index in [1.165, 1.54) is 0 Å². The molecule has 11 heteroatoms. The minimum absolute atomic E-state index is 0.0367. The zero-order valence-corrected chi connectivity index (χ0v) is 18.3. The number of hydrogen-bond acceptors (Lipinski definition) is 5. The van der Waals surface area contributed by atoms with E-state index in [-0.39, 0.29) is 40.7 Å². The maximum absolute atomic E-state index is 13.6. The lowest BCUT2D eigenvalue weighted by Crippen LogP contribution is -2.40. The lowest BCUT2D eigenvalue weighted by molar-refractivity contribution is -0.137. The van der Waals surface area contributed by atoms with Crippen molar-refractivity contribution < 1.29 is 22.4 Å². The van der Waals surface area contributed by atoms with Crippen LogP contribution in [0.15, 0.2) is 48.9 Å². The van der Waals surface area contributed by atoms with E-state index in [2.05, 4.69) is 20.3 Å². The van der Waals surface area contributed by atoms with E-state index in [9.17, 15) is 22.4 Å². The highest BCUT2D eigenvalue weighted by Crippen LogP contribution is 2.41. The maximum atomic E-state index is 13.6. The Balaban J connectivity index is 1.38. The average Bonchev–Trinajstić information content (AvgIpc) is 3.37. The van der Waals surface area contributed by atoms with Gasteiger partial charge in [-0.25, -0.2) is 19.3 Å². The monoisotopic (exact) mass is 491 g/mol. The van der Waals surface area contributed by atoms with Gasteiger partial charge in [0.15, 0.2) is 11.6 Å². The molecule has 1 aromatic carbocycles. The van der Waals surface area contributed by atoms with E-state index >= 15 is 0 Å². The topological polar surface area (TPSA) is 71.0 Å². The zero-order valence-electron chi connectivity index (χ0n) is 17.6. The molecule has 0 spiro atoms. The highest BCUT2D eigenvalue weighted by molar-refractivity contribution is 6.33. The molecule has 1 N–H and O–H groups in total. The molecule has 2 bridgehead atoms. The van der Waals surface area contributed by atoms with Gasteiger partial charge in [-0.1, -0.05) is 29.8 Å². The average molecular weight is 492 g/mol. The number of benzene rings is 1. The first kappa shape index (κ1) is 22.5. The van der Waals surface area contributed by atoms with Crippen molar-refractivity contribution in [3.05, 3.63) is 70.9 Å². The summed E-state index contributed by atoms with van der Waals surface area (Å²) in [7, 11) is 0. The Labute approximate surface area is 197 Å². The van der Waals surface area contributed by atoms with Crippen LogP contribution in [0.25, 0.3) is 11.4 Å². The summed E-state index contributed by atoms with van der Waals surface area (Å²) in [6.07, 6.45) is 0.466. The van der Waals surface area contributed by atoms with Gasteiger partial charge in [0.05, 0.1) is 34.6 Å². The third kappa shape index (κ3) is 4.06. The van der Waals surface area contributed by atoms with E-state index in [0.29, 0.717) is 17.5 Å². The number of carbonyl (C=O) groups excluding carboxylic acids is 1. The normalized spacial score (nSPS) is 21.7. The maximum Gasteiger partial charge on any atom is 0.417 e. The van der Waals surface area contributed by atoms with Crippen LogP contribution < -0.4 is 5.32 Å². The van der Waals surface area contributed by atoms with Crippen LogP contribution >= 0.6 is 11.6 Å². The highest BCUT2D eigenvalue weighted by Gasteiger charge is 2.49. The number of hydrogen-bond donors (Lipinski definition) is 1. The summed E-state index contributed by atoms with van der Waals surface area (Å²) in [4.78, 5) is 27.3. The molecular formula is C23H18ClF4N5O. The van der Waals surface area contributed by atoms with Crippen molar-refractivity contribution in [1.82, 2.24) is 19.9 Å². The SMILES string of the molecule is O=C(c1ccccc1-c1ncc(F)cn1)N1[C@@H]2CC[C@H]1[C@H](Nc1ncc(C(F)(F)F)cc1Cl)C2. The van der Waals surface area contributed by atoms with Gasteiger partial charge in [-0.15, -0.1) is 0 Å². The summed E-state index contributed by atoms with van der Waals surface area (Å²) in [5.41, 5.74) is -0.0273. The van der Waals surface area contributed by atoms with Crippen LogP contribution in [0.5, 0.6) is 0 Å². The fourth-order valence-electron chi connectivity index (χ4n) is 4.79. The first-order valence-corrected chi connectivity index (χ1v) is 11.0. The molecule has 2 aliphatic heterocycles. The Bertz CT molecular complexity index is 1240. The molecule has 3 aromatic rings. The second kappa shape index (κ2) is 8.50. The summed E-state index contributed by atoms with van der Waals surface area (Å²) in [6.45, 7) is 0. The van der Waals surface area contributed by atoms with E-state index < -0.39 is 17.6 Å². The van der Waals surface area contributed by atoms with Gasteiger partial charge in [0, 0.05) is 23.8 Å². The number of anilines is 1. The lowest BCUT2D eigenvalue weighted by Gasteiger charge is -2.26. The largest absolute Gasteiger partial charge is 0.417 e. The third-order valence-corrected chi connectivity index (χ3v) is 6.57. The Morgan fingerprint density at radius 3 is 2.53 bits per heavy atom. The molecule has 2 fully saturated rings. The van der Waals surface area contributed by atoms with Crippen LogP contribution in [0.1, 0.15) is 35.2 Å². The van der Waals surface area contributed by atoms with E-state index in [1.54, 1.807) is 29.2 Å². The smallest absolute Gasteiger partial charge is 0.364 e. The molecule has 1 amide bonds. The standard InChI is InChI=1S/C23H18ClF4N5O/c24-17-7-12(23(26,27)28)9-29-21(17)32-18-8-14-5-6-19(18)33(14)22(34)16-4-2-1-3-15(16)20-30-10-13(25)11-31-20/h1-4,7,9-11,14,18-19H,5-6,8H2,(H,29,32)/t14-,18-,19+/m1/s1. The predicted octanol–water partition coefficient (Wildman–Crippen LogP) is 5.21.